The van der Waals surface area contributed by atoms with E-state index in [1.807, 2.05) is 0 Å². The van der Waals surface area contributed by atoms with Crippen molar-refractivity contribution in [3.05, 3.63) is 64.7 Å². The Balaban J connectivity index is 2.30. The van der Waals surface area contributed by atoms with Crippen LogP contribution in [0.1, 0.15) is 21.5 Å². The van der Waals surface area contributed by atoms with Gasteiger partial charge in [-0.15, -0.1) is 0 Å². The highest BCUT2D eigenvalue weighted by Crippen LogP contribution is 2.16. The summed E-state index contributed by atoms with van der Waals surface area (Å²) < 4.78 is 31.7. The van der Waals surface area contributed by atoms with E-state index in [4.69, 9.17) is 5.73 Å². The molecule has 2 rings (SSSR count). The number of benzene rings is 2. The minimum Gasteiger partial charge on any atom is -0.465 e. The van der Waals surface area contributed by atoms with Crippen LogP contribution in [-0.2, 0) is 4.74 Å². The Kier molecular flexibility index (Phi) is 4.19. The van der Waals surface area contributed by atoms with Crippen molar-refractivity contribution >= 4 is 11.7 Å². The van der Waals surface area contributed by atoms with E-state index in [2.05, 4.69) is 16.6 Å². The summed E-state index contributed by atoms with van der Waals surface area (Å²) in [4.78, 5) is 11.3. The molecular weight excluding hydrogens is 276 g/mol. The Bertz CT molecular complexity index is 720. The van der Waals surface area contributed by atoms with E-state index in [0.717, 1.165) is 12.1 Å². The van der Waals surface area contributed by atoms with Crippen LogP contribution in [0.3, 0.4) is 0 Å². The molecule has 0 bridgehead atoms. The van der Waals surface area contributed by atoms with Crippen molar-refractivity contribution in [1.82, 2.24) is 0 Å². The molecular formula is C16H11F2NO2. The second kappa shape index (κ2) is 6.06. The first kappa shape index (κ1) is 14.5. The van der Waals surface area contributed by atoms with Crippen molar-refractivity contribution in [3.8, 4) is 11.8 Å². The minimum atomic E-state index is -0.814. The Labute approximate surface area is 120 Å². The maximum absolute atomic E-state index is 13.5. The molecule has 0 aliphatic carbocycles. The molecule has 3 nitrogen and oxygen atoms in total. The number of carbonyl (C=O) groups is 1. The van der Waals surface area contributed by atoms with Crippen LogP contribution in [0.4, 0.5) is 14.5 Å². The number of hydrogen-bond donors (Lipinski definition) is 1. The molecule has 0 saturated carbocycles. The molecule has 0 spiro atoms. The Hall–Kier alpha value is -2.87. The molecule has 5 heteroatoms. The van der Waals surface area contributed by atoms with Gasteiger partial charge in [0.15, 0.2) is 0 Å². The maximum atomic E-state index is 13.5. The molecule has 21 heavy (non-hydrogen) atoms. The van der Waals surface area contributed by atoms with Gasteiger partial charge >= 0.3 is 5.97 Å². The van der Waals surface area contributed by atoms with Gasteiger partial charge in [-0.1, -0.05) is 11.8 Å². The second-order valence-corrected chi connectivity index (χ2v) is 4.18. The Morgan fingerprint density at radius 2 is 1.67 bits per heavy atom. The van der Waals surface area contributed by atoms with Crippen molar-refractivity contribution in [2.24, 2.45) is 0 Å². The van der Waals surface area contributed by atoms with Crippen LogP contribution in [0.25, 0.3) is 0 Å². The molecule has 0 radical (unpaired) electrons. The number of hydrogen-bond acceptors (Lipinski definition) is 3. The van der Waals surface area contributed by atoms with Gasteiger partial charge in [-0.05, 0) is 36.4 Å². The molecule has 2 N–H and O–H groups in total. The molecule has 2 aromatic rings. The summed E-state index contributed by atoms with van der Waals surface area (Å²) in [5.74, 6) is 2.94. The van der Waals surface area contributed by atoms with E-state index < -0.39 is 17.6 Å². The van der Waals surface area contributed by atoms with Crippen LogP contribution in [0, 0.1) is 23.5 Å². The van der Waals surface area contributed by atoms with Gasteiger partial charge < -0.3 is 10.5 Å². The van der Waals surface area contributed by atoms with Crippen LogP contribution < -0.4 is 5.73 Å². The lowest BCUT2D eigenvalue weighted by atomic mass is 10.1. The summed E-state index contributed by atoms with van der Waals surface area (Å²) >= 11 is 0. The normalized spacial score (nSPS) is 9.67. The van der Waals surface area contributed by atoms with E-state index in [1.54, 1.807) is 12.1 Å². The van der Waals surface area contributed by atoms with Crippen LogP contribution in [0.2, 0.25) is 0 Å². The van der Waals surface area contributed by atoms with Gasteiger partial charge in [-0.25, -0.2) is 13.6 Å². The predicted octanol–water partition coefficient (Wildman–Crippen LogP) is 2.73. The molecule has 0 unspecified atom stereocenters. The van der Waals surface area contributed by atoms with Gasteiger partial charge in [0.25, 0.3) is 0 Å². The third-order valence-electron chi connectivity index (χ3n) is 2.70. The molecule has 0 aromatic heterocycles. The molecule has 0 atom stereocenters. The molecule has 0 fully saturated rings. The lowest BCUT2D eigenvalue weighted by molar-refractivity contribution is 0.0600. The van der Waals surface area contributed by atoms with Crippen LogP contribution in [-0.4, -0.2) is 13.1 Å². The zero-order valence-corrected chi connectivity index (χ0v) is 11.1. The van der Waals surface area contributed by atoms with E-state index in [0.29, 0.717) is 11.1 Å². The van der Waals surface area contributed by atoms with Gasteiger partial charge in [0, 0.05) is 11.3 Å². The number of ether oxygens (including phenoxy) is 1. The quantitative estimate of drug-likeness (QED) is 0.498. The van der Waals surface area contributed by atoms with Gasteiger partial charge in [0.2, 0.25) is 0 Å². The van der Waals surface area contributed by atoms with E-state index in [1.165, 1.54) is 19.2 Å². The zero-order valence-electron chi connectivity index (χ0n) is 11.1. The minimum absolute atomic E-state index is 0.00187. The first-order valence-corrected chi connectivity index (χ1v) is 5.96. The number of anilines is 1. The van der Waals surface area contributed by atoms with Gasteiger partial charge in [0.1, 0.15) is 11.6 Å². The third-order valence-corrected chi connectivity index (χ3v) is 2.70. The number of methoxy groups -OCH3 is 1. The number of nitrogen functional groups attached to an aromatic ring is 1. The fourth-order valence-corrected chi connectivity index (χ4v) is 1.65. The summed E-state index contributed by atoms with van der Waals surface area (Å²) in [5, 5.41) is 0. The maximum Gasteiger partial charge on any atom is 0.337 e. The summed E-state index contributed by atoms with van der Waals surface area (Å²) in [6.45, 7) is 0. The highest BCUT2D eigenvalue weighted by atomic mass is 19.1. The number of carbonyl (C=O) groups excluding carboxylic acids is 1. The lowest BCUT2D eigenvalue weighted by Gasteiger charge is -2.00. The predicted molar refractivity (Wildman–Crippen MR) is 74.5 cm³/mol. The van der Waals surface area contributed by atoms with E-state index in [-0.39, 0.29) is 11.3 Å². The second-order valence-electron chi connectivity index (χ2n) is 4.18. The van der Waals surface area contributed by atoms with E-state index >= 15 is 0 Å². The fourth-order valence-electron chi connectivity index (χ4n) is 1.65. The average Bonchev–Trinajstić information content (AvgIpc) is 2.46. The molecule has 0 aliphatic rings. The molecule has 0 amide bonds. The van der Waals surface area contributed by atoms with Crippen molar-refractivity contribution in [1.29, 1.82) is 0 Å². The molecule has 0 saturated heterocycles. The lowest BCUT2D eigenvalue weighted by Crippen LogP contribution is -2.00. The van der Waals surface area contributed by atoms with E-state index in [9.17, 15) is 13.6 Å². The monoisotopic (exact) mass is 287 g/mol. The Morgan fingerprint density at radius 3 is 2.19 bits per heavy atom. The van der Waals surface area contributed by atoms with Gasteiger partial charge in [0.05, 0.1) is 18.2 Å². The third kappa shape index (κ3) is 3.37. The topological polar surface area (TPSA) is 52.3 Å². The summed E-state index contributed by atoms with van der Waals surface area (Å²) in [6.07, 6.45) is 0. The SMILES string of the molecule is COC(=O)c1ccc(C#Cc2c(F)cc(N)cc2F)cc1. The smallest absolute Gasteiger partial charge is 0.337 e. The standard InChI is InChI=1S/C16H11F2NO2/c1-21-16(20)11-5-2-10(3-6-11)4-7-13-14(17)8-12(19)9-15(13)18/h2-3,5-6,8-9H,19H2,1H3. The molecule has 0 heterocycles. The number of halogens is 2. The molecule has 0 aliphatic heterocycles. The summed E-state index contributed by atoms with van der Waals surface area (Å²) in [7, 11) is 1.28. The van der Waals surface area contributed by atoms with Crippen molar-refractivity contribution < 1.29 is 18.3 Å². The average molecular weight is 287 g/mol. The summed E-state index contributed by atoms with van der Waals surface area (Å²) in [6, 6.07) is 8.18. The van der Waals surface area contributed by atoms with Gasteiger partial charge in [-0.2, -0.15) is 0 Å². The number of esters is 1. The molecule has 106 valence electrons. The summed E-state index contributed by atoms with van der Waals surface area (Å²) in [5.41, 5.74) is 5.85. The highest BCUT2D eigenvalue weighted by molar-refractivity contribution is 5.89. The fraction of sp³-hybridized carbons (Fsp3) is 0.0625. The van der Waals surface area contributed by atoms with Crippen molar-refractivity contribution in [2.45, 2.75) is 0 Å². The Morgan fingerprint density at radius 1 is 1.10 bits per heavy atom. The number of nitrogens with two attached hydrogens (primary N) is 1. The number of rotatable bonds is 1. The van der Waals surface area contributed by atoms with Crippen LogP contribution in [0.15, 0.2) is 36.4 Å². The van der Waals surface area contributed by atoms with Crippen LogP contribution in [0.5, 0.6) is 0 Å². The van der Waals surface area contributed by atoms with Gasteiger partial charge in [-0.3, -0.25) is 0 Å². The zero-order chi connectivity index (χ0) is 15.4. The first-order valence-electron chi connectivity index (χ1n) is 5.96. The van der Waals surface area contributed by atoms with Crippen LogP contribution >= 0.6 is 0 Å². The van der Waals surface area contributed by atoms with Crippen molar-refractivity contribution in [2.75, 3.05) is 12.8 Å². The highest BCUT2D eigenvalue weighted by Gasteiger charge is 2.07. The van der Waals surface area contributed by atoms with Crippen molar-refractivity contribution in [3.63, 3.8) is 0 Å². The largest absolute Gasteiger partial charge is 0.465 e. The first-order chi connectivity index (χ1) is 10.0. The molecule has 2 aromatic carbocycles.